The molecule has 4 aromatic rings. The molecular weight excluding hydrogens is 410 g/mol. The smallest absolute Gasteiger partial charge is 0.323 e. The monoisotopic (exact) mass is 429 g/mol. The molecule has 3 amide bonds. The number of nitrogens with one attached hydrogen (secondary N) is 3. The van der Waals surface area contributed by atoms with Crippen LogP contribution in [0.2, 0.25) is 0 Å². The van der Waals surface area contributed by atoms with Crippen molar-refractivity contribution in [2.24, 2.45) is 0 Å². The van der Waals surface area contributed by atoms with Crippen molar-refractivity contribution < 1.29 is 9.59 Å². The van der Waals surface area contributed by atoms with Gasteiger partial charge in [0.15, 0.2) is 0 Å². The molecule has 8 heteroatoms. The van der Waals surface area contributed by atoms with Gasteiger partial charge in [-0.2, -0.15) is 0 Å². The molecule has 2 heterocycles. The third-order valence-electron chi connectivity index (χ3n) is 4.24. The summed E-state index contributed by atoms with van der Waals surface area (Å²) in [6.07, 6.45) is 1.88. The maximum Gasteiger partial charge on any atom is 0.323 e. The summed E-state index contributed by atoms with van der Waals surface area (Å²) in [6, 6.07) is 21.4. The van der Waals surface area contributed by atoms with Crippen LogP contribution < -0.4 is 16.0 Å². The highest BCUT2D eigenvalue weighted by Gasteiger charge is 2.10. The standard InChI is InChI=1S/C23H19N5O2S/c29-21(14-19-15-31-22(26-19)20-8-4-5-13-24-20)25-17-9-11-18(12-10-17)28-23(30)27-16-6-2-1-3-7-16/h1-13,15H,14H2,(H,25,29)(H2,27,28,30). The van der Waals surface area contributed by atoms with Crippen molar-refractivity contribution in [1.82, 2.24) is 9.97 Å². The number of thiazole rings is 1. The number of nitrogens with zero attached hydrogens (tertiary/aromatic N) is 2. The van der Waals surface area contributed by atoms with E-state index in [9.17, 15) is 9.59 Å². The predicted octanol–water partition coefficient (Wildman–Crippen LogP) is 5.03. The molecule has 31 heavy (non-hydrogen) atoms. The zero-order valence-electron chi connectivity index (χ0n) is 16.4. The average molecular weight is 430 g/mol. The van der Waals surface area contributed by atoms with Gasteiger partial charge in [-0.1, -0.05) is 24.3 Å². The number of hydrogen-bond acceptors (Lipinski definition) is 5. The van der Waals surface area contributed by atoms with E-state index in [0.29, 0.717) is 22.8 Å². The third kappa shape index (κ3) is 5.74. The van der Waals surface area contributed by atoms with Gasteiger partial charge in [-0.25, -0.2) is 9.78 Å². The van der Waals surface area contributed by atoms with Gasteiger partial charge in [-0.3, -0.25) is 9.78 Å². The van der Waals surface area contributed by atoms with Crippen LogP contribution in [-0.2, 0) is 11.2 Å². The van der Waals surface area contributed by atoms with Crippen molar-refractivity contribution >= 4 is 40.3 Å². The molecule has 0 fully saturated rings. The minimum atomic E-state index is -0.338. The van der Waals surface area contributed by atoms with Crippen LogP contribution >= 0.6 is 11.3 Å². The van der Waals surface area contributed by atoms with Gasteiger partial charge in [0, 0.05) is 28.6 Å². The Hall–Kier alpha value is -4.04. The molecule has 154 valence electrons. The van der Waals surface area contributed by atoms with E-state index in [4.69, 9.17) is 0 Å². The summed E-state index contributed by atoms with van der Waals surface area (Å²) in [7, 11) is 0. The number of para-hydroxylation sites is 1. The Kier molecular flexibility index (Phi) is 6.29. The van der Waals surface area contributed by atoms with Gasteiger partial charge in [0.1, 0.15) is 5.01 Å². The fourth-order valence-electron chi connectivity index (χ4n) is 2.82. The molecule has 0 saturated heterocycles. The van der Waals surface area contributed by atoms with Crippen LogP contribution in [0.3, 0.4) is 0 Å². The van der Waals surface area contributed by atoms with Crippen LogP contribution in [0.25, 0.3) is 10.7 Å². The first-order valence-electron chi connectivity index (χ1n) is 9.54. The Bertz CT molecular complexity index is 1160. The average Bonchev–Trinajstić information content (AvgIpc) is 3.25. The molecule has 0 aliphatic carbocycles. The Morgan fingerprint density at radius 2 is 1.42 bits per heavy atom. The van der Waals surface area contributed by atoms with E-state index in [-0.39, 0.29) is 18.4 Å². The molecular formula is C23H19N5O2S. The largest absolute Gasteiger partial charge is 0.326 e. The lowest BCUT2D eigenvalue weighted by Crippen LogP contribution is -2.19. The summed E-state index contributed by atoms with van der Waals surface area (Å²) >= 11 is 1.46. The van der Waals surface area contributed by atoms with Crippen LogP contribution in [0.4, 0.5) is 21.9 Å². The lowest BCUT2D eigenvalue weighted by Gasteiger charge is -2.09. The lowest BCUT2D eigenvalue weighted by atomic mass is 10.2. The maximum atomic E-state index is 12.4. The van der Waals surface area contributed by atoms with Gasteiger partial charge in [0.25, 0.3) is 0 Å². The number of benzene rings is 2. The van der Waals surface area contributed by atoms with Crippen molar-refractivity contribution in [2.45, 2.75) is 6.42 Å². The lowest BCUT2D eigenvalue weighted by molar-refractivity contribution is -0.115. The second kappa shape index (κ2) is 9.64. The maximum absolute atomic E-state index is 12.4. The van der Waals surface area contributed by atoms with Gasteiger partial charge in [0.05, 0.1) is 17.8 Å². The number of amides is 3. The van der Waals surface area contributed by atoms with Gasteiger partial charge < -0.3 is 16.0 Å². The third-order valence-corrected chi connectivity index (χ3v) is 5.15. The first-order chi connectivity index (χ1) is 15.2. The van der Waals surface area contributed by atoms with Gasteiger partial charge >= 0.3 is 6.03 Å². The van der Waals surface area contributed by atoms with Crippen molar-refractivity contribution in [3.8, 4) is 10.7 Å². The number of anilines is 3. The minimum absolute atomic E-state index is 0.166. The van der Waals surface area contributed by atoms with Crippen molar-refractivity contribution in [1.29, 1.82) is 0 Å². The Morgan fingerprint density at radius 1 is 0.774 bits per heavy atom. The molecule has 4 rings (SSSR count). The molecule has 0 spiro atoms. The Labute approximate surface area is 183 Å². The predicted molar refractivity (Wildman–Crippen MR) is 123 cm³/mol. The molecule has 7 nitrogen and oxygen atoms in total. The van der Waals surface area contributed by atoms with Gasteiger partial charge in [-0.15, -0.1) is 11.3 Å². The van der Waals surface area contributed by atoms with Crippen molar-refractivity contribution in [2.75, 3.05) is 16.0 Å². The quantitative estimate of drug-likeness (QED) is 0.400. The first-order valence-corrected chi connectivity index (χ1v) is 10.4. The number of carbonyl (C=O) groups excluding carboxylic acids is 2. The normalized spacial score (nSPS) is 10.3. The number of rotatable bonds is 6. The van der Waals surface area contributed by atoms with Crippen LogP contribution in [0, 0.1) is 0 Å². The highest BCUT2D eigenvalue weighted by atomic mass is 32.1. The summed E-state index contributed by atoms with van der Waals surface area (Å²) in [5.41, 5.74) is 3.44. The van der Waals surface area contributed by atoms with Crippen LogP contribution in [-0.4, -0.2) is 21.9 Å². The second-order valence-corrected chi connectivity index (χ2v) is 7.46. The molecule has 0 bridgehead atoms. The molecule has 3 N–H and O–H groups in total. The van der Waals surface area contributed by atoms with E-state index in [0.717, 1.165) is 10.7 Å². The molecule has 0 radical (unpaired) electrons. The molecule has 2 aromatic heterocycles. The topological polar surface area (TPSA) is 96.0 Å². The van der Waals surface area contributed by atoms with Crippen LogP contribution in [0.15, 0.2) is 84.4 Å². The summed E-state index contributed by atoms with van der Waals surface area (Å²) in [4.78, 5) is 33.2. The molecule has 0 unspecified atom stereocenters. The summed E-state index contributed by atoms with van der Waals surface area (Å²) in [6.45, 7) is 0. The van der Waals surface area contributed by atoms with E-state index in [1.54, 1.807) is 42.6 Å². The fourth-order valence-corrected chi connectivity index (χ4v) is 3.61. The summed E-state index contributed by atoms with van der Waals surface area (Å²) < 4.78 is 0. The molecule has 0 aliphatic rings. The highest BCUT2D eigenvalue weighted by Crippen LogP contribution is 2.22. The number of pyridine rings is 1. The van der Waals surface area contributed by atoms with Gasteiger partial charge in [0.2, 0.25) is 5.91 Å². The summed E-state index contributed by atoms with van der Waals surface area (Å²) in [5, 5.41) is 11.0. The first kappa shape index (κ1) is 20.2. The zero-order chi connectivity index (χ0) is 21.5. The van der Waals surface area contributed by atoms with Crippen molar-refractivity contribution in [3.63, 3.8) is 0 Å². The fraction of sp³-hybridized carbons (Fsp3) is 0.0435. The molecule has 0 saturated carbocycles. The number of carbonyl (C=O) groups is 2. The van der Waals surface area contributed by atoms with Crippen LogP contribution in [0.5, 0.6) is 0 Å². The van der Waals surface area contributed by atoms with E-state index in [1.165, 1.54) is 11.3 Å². The van der Waals surface area contributed by atoms with Gasteiger partial charge in [-0.05, 0) is 48.5 Å². The van der Waals surface area contributed by atoms with Crippen molar-refractivity contribution in [3.05, 3.63) is 90.1 Å². The van der Waals surface area contributed by atoms with E-state index in [1.807, 2.05) is 41.8 Å². The zero-order valence-corrected chi connectivity index (χ0v) is 17.2. The Morgan fingerprint density at radius 3 is 2.10 bits per heavy atom. The van der Waals surface area contributed by atoms with E-state index < -0.39 is 0 Å². The highest BCUT2D eigenvalue weighted by molar-refractivity contribution is 7.13. The van der Waals surface area contributed by atoms with Crippen LogP contribution in [0.1, 0.15) is 5.69 Å². The summed E-state index contributed by atoms with van der Waals surface area (Å²) in [5.74, 6) is -0.166. The van der Waals surface area contributed by atoms with E-state index >= 15 is 0 Å². The number of aromatic nitrogens is 2. The number of urea groups is 1. The number of hydrogen-bond donors (Lipinski definition) is 3. The SMILES string of the molecule is O=C(Cc1csc(-c2ccccn2)n1)Nc1ccc(NC(=O)Nc2ccccc2)cc1. The Balaban J connectivity index is 1.29. The van der Waals surface area contributed by atoms with E-state index in [2.05, 4.69) is 25.9 Å². The molecule has 2 aromatic carbocycles. The second-order valence-electron chi connectivity index (χ2n) is 6.61. The molecule has 0 aliphatic heterocycles. The molecule has 0 atom stereocenters. The minimum Gasteiger partial charge on any atom is -0.326 e.